The van der Waals surface area contributed by atoms with Crippen molar-refractivity contribution in [3.63, 3.8) is 0 Å². The number of ether oxygens (including phenoxy) is 1. The van der Waals surface area contributed by atoms with Crippen molar-refractivity contribution in [2.24, 2.45) is 5.73 Å². The van der Waals surface area contributed by atoms with E-state index in [0.717, 1.165) is 23.1 Å². The minimum absolute atomic E-state index is 0. The van der Waals surface area contributed by atoms with Gasteiger partial charge in [0.1, 0.15) is 5.75 Å². The molecule has 1 atom stereocenters. The van der Waals surface area contributed by atoms with Crippen LogP contribution in [0.15, 0.2) is 35.1 Å². The van der Waals surface area contributed by atoms with E-state index in [1.807, 2.05) is 25.1 Å². The molecule has 4 nitrogen and oxygen atoms in total. The molecule has 0 radical (unpaired) electrons. The summed E-state index contributed by atoms with van der Waals surface area (Å²) in [6.07, 6.45) is 0.823. The highest BCUT2D eigenvalue weighted by Crippen LogP contribution is 2.18. The number of aromatic amines is 1. The summed E-state index contributed by atoms with van der Waals surface area (Å²) in [5, 5.41) is 0.961. The molecule has 0 fully saturated rings. The number of benzene rings is 1. The Morgan fingerprint density at radius 2 is 2.11 bits per heavy atom. The molecule has 0 aliphatic heterocycles. The Balaban J connectivity index is 0.00000162. The highest BCUT2D eigenvalue weighted by molar-refractivity contribution is 5.85. The van der Waals surface area contributed by atoms with Crippen LogP contribution < -0.4 is 16.0 Å². The first-order valence-corrected chi connectivity index (χ1v) is 5.66. The van der Waals surface area contributed by atoms with Crippen LogP contribution in [-0.4, -0.2) is 17.6 Å². The predicted octanol–water partition coefficient (Wildman–Crippen LogP) is 2.07. The lowest BCUT2D eigenvalue weighted by molar-refractivity contribution is 0.301. The van der Waals surface area contributed by atoms with E-state index in [1.165, 1.54) is 6.07 Å². The number of hydrogen-bond donors (Lipinski definition) is 2. The van der Waals surface area contributed by atoms with Gasteiger partial charge in [0.25, 0.3) is 0 Å². The van der Waals surface area contributed by atoms with Crippen LogP contribution >= 0.6 is 12.4 Å². The molecule has 0 saturated carbocycles. The van der Waals surface area contributed by atoms with Crippen LogP contribution in [0.1, 0.15) is 13.3 Å². The van der Waals surface area contributed by atoms with E-state index in [4.69, 9.17) is 10.5 Å². The SMILES string of the molecule is CC(N)CCOc1ccc2[nH]c(=O)ccc2c1.Cl. The number of aromatic nitrogens is 1. The van der Waals surface area contributed by atoms with Gasteiger partial charge in [0, 0.05) is 23.0 Å². The first-order chi connectivity index (χ1) is 8.15. The van der Waals surface area contributed by atoms with Crippen molar-refractivity contribution in [3.8, 4) is 5.75 Å². The summed E-state index contributed by atoms with van der Waals surface area (Å²) in [7, 11) is 0. The Labute approximate surface area is 112 Å². The number of hydrogen-bond acceptors (Lipinski definition) is 3. The molecule has 98 valence electrons. The lowest BCUT2D eigenvalue weighted by atomic mass is 10.2. The lowest BCUT2D eigenvalue weighted by Gasteiger charge is -2.08. The number of nitrogens with two attached hydrogens (primary N) is 1. The van der Waals surface area contributed by atoms with Gasteiger partial charge in [0.05, 0.1) is 6.61 Å². The van der Waals surface area contributed by atoms with Crippen LogP contribution in [0.25, 0.3) is 10.9 Å². The lowest BCUT2D eigenvalue weighted by Crippen LogP contribution is -2.18. The Hall–Kier alpha value is -1.52. The minimum Gasteiger partial charge on any atom is -0.494 e. The molecule has 1 unspecified atom stereocenters. The highest BCUT2D eigenvalue weighted by atomic mass is 35.5. The topological polar surface area (TPSA) is 68.1 Å². The zero-order valence-corrected chi connectivity index (χ0v) is 11.0. The van der Waals surface area contributed by atoms with Gasteiger partial charge in [-0.3, -0.25) is 4.79 Å². The molecule has 2 aromatic rings. The summed E-state index contributed by atoms with van der Waals surface area (Å²) in [5.74, 6) is 0.796. The van der Waals surface area contributed by atoms with Gasteiger partial charge in [-0.05, 0) is 37.6 Å². The van der Waals surface area contributed by atoms with Crippen LogP contribution in [0.4, 0.5) is 0 Å². The van der Waals surface area contributed by atoms with Crippen molar-refractivity contribution in [3.05, 3.63) is 40.7 Å². The number of pyridine rings is 1. The third-order valence-electron chi connectivity index (χ3n) is 2.54. The largest absolute Gasteiger partial charge is 0.494 e. The first-order valence-electron chi connectivity index (χ1n) is 5.66. The fraction of sp³-hybridized carbons (Fsp3) is 0.308. The summed E-state index contributed by atoms with van der Waals surface area (Å²) >= 11 is 0. The van der Waals surface area contributed by atoms with Crippen LogP contribution in [0.3, 0.4) is 0 Å². The molecule has 0 saturated heterocycles. The molecule has 0 spiro atoms. The molecule has 1 aromatic heterocycles. The van der Waals surface area contributed by atoms with E-state index in [2.05, 4.69) is 4.98 Å². The van der Waals surface area contributed by atoms with Crippen LogP contribution in [0.5, 0.6) is 5.75 Å². The zero-order chi connectivity index (χ0) is 12.3. The monoisotopic (exact) mass is 268 g/mol. The molecule has 1 heterocycles. The Morgan fingerprint density at radius 3 is 2.83 bits per heavy atom. The molecular formula is C13H17ClN2O2. The Kier molecular flexibility index (Phi) is 5.19. The maximum Gasteiger partial charge on any atom is 0.248 e. The second kappa shape index (κ2) is 6.42. The predicted molar refractivity (Wildman–Crippen MR) is 75.6 cm³/mol. The average Bonchev–Trinajstić information content (AvgIpc) is 2.29. The Morgan fingerprint density at radius 1 is 1.33 bits per heavy atom. The van der Waals surface area contributed by atoms with Crippen LogP contribution in [0, 0.1) is 0 Å². The quantitative estimate of drug-likeness (QED) is 0.892. The van der Waals surface area contributed by atoms with Gasteiger partial charge in [-0.2, -0.15) is 0 Å². The number of rotatable bonds is 4. The molecular weight excluding hydrogens is 252 g/mol. The van der Waals surface area contributed by atoms with Crippen LogP contribution in [-0.2, 0) is 0 Å². The maximum atomic E-state index is 11.1. The second-order valence-electron chi connectivity index (χ2n) is 4.19. The van der Waals surface area contributed by atoms with Gasteiger partial charge in [-0.1, -0.05) is 0 Å². The molecule has 5 heteroatoms. The minimum atomic E-state index is -0.0943. The van der Waals surface area contributed by atoms with Crippen molar-refractivity contribution in [2.45, 2.75) is 19.4 Å². The normalized spacial score (nSPS) is 11.9. The van der Waals surface area contributed by atoms with Gasteiger partial charge in [-0.25, -0.2) is 0 Å². The van der Waals surface area contributed by atoms with E-state index in [-0.39, 0.29) is 24.0 Å². The molecule has 0 bridgehead atoms. The summed E-state index contributed by atoms with van der Waals surface area (Å²) in [5.41, 5.74) is 6.37. The summed E-state index contributed by atoms with van der Waals surface area (Å²) in [6.45, 7) is 2.56. The van der Waals surface area contributed by atoms with Crippen molar-refractivity contribution >= 4 is 23.3 Å². The molecule has 1 aromatic carbocycles. The smallest absolute Gasteiger partial charge is 0.248 e. The van der Waals surface area contributed by atoms with Gasteiger partial charge in [0.15, 0.2) is 0 Å². The average molecular weight is 269 g/mol. The number of H-pyrrole nitrogens is 1. The highest BCUT2D eigenvalue weighted by Gasteiger charge is 1.99. The third kappa shape index (κ3) is 3.75. The maximum absolute atomic E-state index is 11.1. The summed E-state index contributed by atoms with van der Waals surface area (Å²) in [6, 6.07) is 9.04. The van der Waals surface area contributed by atoms with E-state index < -0.39 is 0 Å². The van der Waals surface area contributed by atoms with Crippen molar-refractivity contribution < 1.29 is 4.74 Å². The van der Waals surface area contributed by atoms with Crippen LogP contribution in [0.2, 0.25) is 0 Å². The molecule has 0 aliphatic carbocycles. The molecule has 18 heavy (non-hydrogen) atoms. The molecule has 0 amide bonds. The van der Waals surface area contributed by atoms with Gasteiger partial charge in [0.2, 0.25) is 5.56 Å². The van der Waals surface area contributed by atoms with E-state index in [0.29, 0.717) is 6.61 Å². The van der Waals surface area contributed by atoms with Gasteiger partial charge >= 0.3 is 0 Å². The summed E-state index contributed by atoms with van der Waals surface area (Å²) in [4.78, 5) is 13.9. The van der Waals surface area contributed by atoms with Gasteiger partial charge in [-0.15, -0.1) is 12.4 Å². The number of fused-ring (bicyclic) bond motifs is 1. The standard InChI is InChI=1S/C13H16N2O2.ClH/c1-9(14)6-7-17-11-3-4-12-10(8-11)2-5-13(16)15-12;/h2-5,8-9H,6-7,14H2,1H3,(H,15,16);1H. The van der Waals surface area contributed by atoms with Crippen molar-refractivity contribution in [1.29, 1.82) is 0 Å². The third-order valence-corrected chi connectivity index (χ3v) is 2.54. The molecule has 3 N–H and O–H groups in total. The Bertz CT molecular complexity index is 566. The van der Waals surface area contributed by atoms with E-state index in [1.54, 1.807) is 6.07 Å². The first kappa shape index (κ1) is 14.5. The van der Waals surface area contributed by atoms with Crippen molar-refractivity contribution in [1.82, 2.24) is 4.98 Å². The van der Waals surface area contributed by atoms with Gasteiger partial charge < -0.3 is 15.5 Å². The van der Waals surface area contributed by atoms with Crippen molar-refractivity contribution in [2.75, 3.05) is 6.61 Å². The number of halogens is 1. The number of nitrogens with one attached hydrogen (secondary N) is 1. The summed E-state index contributed by atoms with van der Waals surface area (Å²) < 4.78 is 5.58. The fourth-order valence-electron chi connectivity index (χ4n) is 1.58. The fourth-order valence-corrected chi connectivity index (χ4v) is 1.58. The molecule has 2 rings (SSSR count). The zero-order valence-electron chi connectivity index (χ0n) is 10.2. The van der Waals surface area contributed by atoms with E-state index >= 15 is 0 Å². The van der Waals surface area contributed by atoms with E-state index in [9.17, 15) is 4.79 Å². The molecule has 0 aliphatic rings. The second-order valence-corrected chi connectivity index (χ2v) is 4.19.